The van der Waals surface area contributed by atoms with Crippen molar-refractivity contribution in [2.75, 3.05) is 32.7 Å². The monoisotopic (exact) mass is 402 g/mol. The molecule has 0 aliphatic carbocycles. The molecule has 0 saturated carbocycles. The van der Waals surface area contributed by atoms with Crippen LogP contribution in [0.3, 0.4) is 0 Å². The van der Waals surface area contributed by atoms with E-state index in [4.69, 9.17) is 18.6 Å². The molecule has 0 bridgehead atoms. The molecule has 2 heterocycles. The Balaban J connectivity index is 1.49. The van der Waals surface area contributed by atoms with E-state index < -0.39 is 24.4 Å². The molecule has 3 rings (SSSR count). The van der Waals surface area contributed by atoms with E-state index in [9.17, 15) is 14.4 Å². The van der Waals surface area contributed by atoms with Crippen molar-refractivity contribution < 1.29 is 33.0 Å². The average molecular weight is 402 g/mol. The Morgan fingerprint density at radius 2 is 2.07 bits per heavy atom. The third-order valence-electron chi connectivity index (χ3n) is 4.50. The van der Waals surface area contributed by atoms with Gasteiger partial charge in [-0.3, -0.25) is 14.4 Å². The fourth-order valence-corrected chi connectivity index (χ4v) is 3.02. The van der Waals surface area contributed by atoms with Gasteiger partial charge in [-0.15, -0.1) is 0 Å². The predicted molar refractivity (Wildman–Crippen MR) is 101 cm³/mol. The standard InChI is InChI=1S/C20H22N2O7/c1-26-14-5-6-16(17(9-14)27-2)21-18(23)12-29-20(25)13-8-19(24)22(10-13)11-15-4-3-7-28-15/h3-7,9,13H,8,10-12H2,1-2H3,(H,21,23)/t13-/m0/s1. The van der Waals surface area contributed by atoms with Gasteiger partial charge in [-0.25, -0.2) is 0 Å². The fourth-order valence-electron chi connectivity index (χ4n) is 3.02. The molecule has 2 amide bonds. The van der Waals surface area contributed by atoms with Crippen LogP contribution in [-0.2, 0) is 25.7 Å². The fraction of sp³-hybridized carbons (Fsp3) is 0.350. The van der Waals surface area contributed by atoms with Crippen LogP contribution < -0.4 is 14.8 Å². The van der Waals surface area contributed by atoms with Gasteiger partial charge in [0, 0.05) is 19.0 Å². The highest BCUT2D eigenvalue weighted by Gasteiger charge is 2.35. The van der Waals surface area contributed by atoms with Gasteiger partial charge in [-0.2, -0.15) is 0 Å². The molecule has 1 aromatic heterocycles. The molecule has 0 spiro atoms. The minimum Gasteiger partial charge on any atom is -0.497 e. The molecule has 1 aromatic carbocycles. The maximum absolute atomic E-state index is 12.3. The first-order valence-corrected chi connectivity index (χ1v) is 8.99. The zero-order valence-corrected chi connectivity index (χ0v) is 16.2. The van der Waals surface area contributed by atoms with Crippen LogP contribution in [0.25, 0.3) is 0 Å². The number of methoxy groups -OCH3 is 2. The van der Waals surface area contributed by atoms with Gasteiger partial charge in [-0.05, 0) is 24.3 Å². The number of carbonyl (C=O) groups excluding carboxylic acids is 3. The maximum Gasteiger partial charge on any atom is 0.311 e. The van der Waals surface area contributed by atoms with Crippen molar-refractivity contribution in [3.8, 4) is 11.5 Å². The number of benzene rings is 1. The van der Waals surface area contributed by atoms with Crippen LogP contribution >= 0.6 is 0 Å². The van der Waals surface area contributed by atoms with Crippen molar-refractivity contribution in [3.63, 3.8) is 0 Å². The van der Waals surface area contributed by atoms with Crippen molar-refractivity contribution >= 4 is 23.5 Å². The lowest BCUT2D eigenvalue weighted by Gasteiger charge is -2.15. The lowest BCUT2D eigenvalue weighted by Crippen LogP contribution is -2.28. The van der Waals surface area contributed by atoms with E-state index in [1.54, 1.807) is 30.3 Å². The Labute approximate surface area is 167 Å². The van der Waals surface area contributed by atoms with Crippen molar-refractivity contribution in [3.05, 3.63) is 42.4 Å². The number of amides is 2. The number of hydrogen-bond donors (Lipinski definition) is 1. The van der Waals surface area contributed by atoms with Crippen molar-refractivity contribution in [2.24, 2.45) is 5.92 Å². The summed E-state index contributed by atoms with van der Waals surface area (Å²) in [7, 11) is 2.99. The molecule has 1 aliphatic rings. The Morgan fingerprint density at radius 3 is 2.76 bits per heavy atom. The first-order chi connectivity index (χ1) is 14.0. The number of nitrogens with one attached hydrogen (secondary N) is 1. The third-order valence-corrected chi connectivity index (χ3v) is 4.50. The minimum atomic E-state index is -0.610. The summed E-state index contributed by atoms with van der Waals surface area (Å²) < 4.78 is 20.6. The molecule has 154 valence electrons. The number of carbonyl (C=O) groups is 3. The molecule has 0 radical (unpaired) electrons. The van der Waals surface area contributed by atoms with E-state index in [0.717, 1.165) is 0 Å². The van der Waals surface area contributed by atoms with E-state index >= 15 is 0 Å². The average Bonchev–Trinajstić information content (AvgIpc) is 3.36. The van der Waals surface area contributed by atoms with Gasteiger partial charge in [0.05, 0.1) is 38.6 Å². The second kappa shape index (κ2) is 9.13. The van der Waals surface area contributed by atoms with Crippen LogP contribution in [0.2, 0.25) is 0 Å². The summed E-state index contributed by atoms with van der Waals surface area (Å²) in [5.74, 6) is -0.234. The zero-order chi connectivity index (χ0) is 20.8. The summed E-state index contributed by atoms with van der Waals surface area (Å²) in [4.78, 5) is 38.0. The molecule has 2 aromatic rings. The van der Waals surface area contributed by atoms with Gasteiger partial charge in [-0.1, -0.05) is 0 Å². The topological polar surface area (TPSA) is 107 Å². The van der Waals surface area contributed by atoms with Crippen LogP contribution in [-0.4, -0.2) is 50.1 Å². The van der Waals surface area contributed by atoms with Gasteiger partial charge in [0.1, 0.15) is 17.3 Å². The van der Waals surface area contributed by atoms with Crippen LogP contribution in [0.15, 0.2) is 41.0 Å². The van der Waals surface area contributed by atoms with E-state index in [1.165, 1.54) is 25.4 Å². The summed E-state index contributed by atoms with van der Waals surface area (Å²) in [6, 6.07) is 8.41. The number of esters is 1. The van der Waals surface area contributed by atoms with Crippen LogP contribution in [0.4, 0.5) is 5.69 Å². The van der Waals surface area contributed by atoms with Crippen LogP contribution in [0.1, 0.15) is 12.2 Å². The SMILES string of the molecule is COc1ccc(NC(=O)COC(=O)[C@H]2CC(=O)N(Cc3ccco3)C2)c(OC)c1. The van der Waals surface area contributed by atoms with Crippen molar-refractivity contribution in [1.29, 1.82) is 0 Å². The number of rotatable bonds is 8. The molecule has 9 nitrogen and oxygen atoms in total. The second-order valence-corrected chi connectivity index (χ2v) is 6.48. The highest BCUT2D eigenvalue weighted by Crippen LogP contribution is 2.29. The minimum absolute atomic E-state index is 0.0491. The van der Waals surface area contributed by atoms with Gasteiger partial charge < -0.3 is 28.8 Å². The van der Waals surface area contributed by atoms with Crippen molar-refractivity contribution in [1.82, 2.24) is 4.90 Å². The molecule has 29 heavy (non-hydrogen) atoms. The van der Waals surface area contributed by atoms with E-state index in [-0.39, 0.29) is 18.9 Å². The van der Waals surface area contributed by atoms with Gasteiger partial charge >= 0.3 is 5.97 Å². The number of furan rings is 1. The molecule has 9 heteroatoms. The van der Waals surface area contributed by atoms with Gasteiger partial charge in [0.25, 0.3) is 5.91 Å². The Bertz CT molecular complexity index is 879. The summed E-state index contributed by atoms with van der Waals surface area (Å²) in [6.07, 6.45) is 1.57. The first-order valence-electron chi connectivity index (χ1n) is 8.99. The van der Waals surface area contributed by atoms with E-state index in [2.05, 4.69) is 5.32 Å². The lowest BCUT2D eigenvalue weighted by molar-refractivity contribution is -0.151. The van der Waals surface area contributed by atoms with E-state index in [0.29, 0.717) is 29.5 Å². The molecule has 1 fully saturated rings. The Kier molecular flexibility index (Phi) is 6.38. The quantitative estimate of drug-likeness (QED) is 0.671. The number of nitrogens with zero attached hydrogens (tertiary/aromatic N) is 1. The summed E-state index contributed by atoms with van der Waals surface area (Å²) >= 11 is 0. The zero-order valence-electron chi connectivity index (χ0n) is 16.2. The Hall–Kier alpha value is -3.49. The maximum atomic E-state index is 12.3. The molecule has 0 unspecified atom stereocenters. The summed E-state index contributed by atoms with van der Waals surface area (Å²) in [5.41, 5.74) is 0.426. The number of ether oxygens (including phenoxy) is 3. The molecule has 1 saturated heterocycles. The van der Waals surface area contributed by atoms with Crippen molar-refractivity contribution in [2.45, 2.75) is 13.0 Å². The summed E-state index contributed by atoms with van der Waals surface area (Å²) in [5, 5.41) is 2.62. The molecule has 1 N–H and O–H groups in total. The first kappa shape index (κ1) is 20.2. The smallest absolute Gasteiger partial charge is 0.311 e. The highest BCUT2D eigenvalue weighted by atomic mass is 16.5. The number of hydrogen-bond acceptors (Lipinski definition) is 7. The number of anilines is 1. The molecular weight excluding hydrogens is 380 g/mol. The lowest BCUT2D eigenvalue weighted by atomic mass is 10.1. The van der Waals surface area contributed by atoms with Crippen LogP contribution in [0, 0.1) is 5.92 Å². The largest absolute Gasteiger partial charge is 0.497 e. The second-order valence-electron chi connectivity index (χ2n) is 6.48. The normalized spacial score (nSPS) is 15.9. The van der Waals surface area contributed by atoms with Gasteiger partial charge in [0.15, 0.2) is 6.61 Å². The van der Waals surface area contributed by atoms with Gasteiger partial charge in [0.2, 0.25) is 5.91 Å². The summed E-state index contributed by atoms with van der Waals surface area (Å²) in [6.45, 7) is 0.0660. The predicted octanol–water partition coefficient (Wildman–Crippen LogP) is 1.83. The van der Waals surface area contributed by atoms with E-state index in [1.807, 2.05) is 0 Å². The Morgan fingerprint density at radius 1 is 1.24 bits per heavy atom. The van der Waals surface area contributed by atoms with Crippen LogP contribution in [0.5, 0.6) is 11.5 Å². The molecule has 1 aliphatic heterocycles. The molecular formula is C20H22N2O7. The third kappa shape index (κ3) is 5.07. The number of likely N-dealkylation sites (tertiary alicyclic amines) is 1. The molecule has 1 atom stereocenters. The highest BCUT2D eigenvalue weighted by molar-refractivity contribution is 5.95.